The molecule has 0 atom stereocenters. The second-order valence-corrected chi connectivity index (χ2v) is 8.06. The summed E-state index contributed by atoms with van der Waals surface area (Å²) >= 11 is 0. The minimum Gasteiger partial charge on any atom is -0.371 e. The van der Waals surface area contributed by atoms with Crippen LogP contribution in [-0.4, -0.2) is 29.1 Å². The van der Waals surface area contributed by atoms with E-state index < -0.39 is 0 Å². The van der Waals surface area contributed by atoms with Crippen LogP contribution in [0.2, 0.25) is 0 Å². The van der Waals surface area contributed by atoms with Gasteiger partial charge in [0.25, 0.3) is 0 Å². The lowest BCUT2D eigenvalue weighted by molar-refractivity contribution is 0.524. The SMILES string of the molecule is Cc1cc(C#N)cc(C)c1Nc1ccnc(NC2CCN(c3cccc(C#N)c3)CC2)n1. The van der Waals surface area contributed by atoms with Crippen LogP contribution in [0.5, 0.6) is 0 Å². The molecule has 0 amide bonds. The first-order valence-electron chi connectivity index (χ1n) is 10.7. The number of hydrogen-bond donors (Lipinski definition) is 2. The van der Waals surface area contributed by atoms with E-state index in [1.165, 1.54) is 0 Å². The molecule has 0 bridgehead atoms. The van der Waals surface area contributed by atoms with Crippen molar-refractivity contribution in [1.82, 2.24) is 9.97 Å². The molecule has 0 spiro atoms. The predicted octanol–water partition coefficient (Wildman–Crippen LogP) is 4.66. The van der Waals surface area contributed by atoms with Gasteiger partial charge in [0.15, 0.2) is 0 Å². The van der Waals surface area contributed by atoms with Crippen molar-refractivity contribution in [2.45, 2.75) is 32.7 Å². The quantitative estimate of drug-likeness (QED) is 0.615. The Morgan fingerprint density at radius 2 is 1.69 bits per heavy atom. The number of aryl methyl sites for hydroxylation is 2. The molecule has 1 fully saturated rings. The number of piperidine rings is 1. The van der Waals surface area contributed by atoms with Gasteiger partial charge in [0, 0.05) is 36.7 Å². The van der Waals surface area contributed by atoms with Gasteiger partial charge in [-0.2, -0.15) is 15.5 Å². The van der Waals surface area contributed by atoms with Crippen LogP contribution in [-0.2, 0) is 0 Å². The van der Waals surface area contributed by atoms with Crippen molar-refractivity contribution in [2.24, 2.45) is 0 Å². The lowest BCUT2D eigenvalue weighted by atomic mass is 10.0. The molecule has 7 heteroatoms. The lowest BCUT2D eigenvalue weighted by Crippen LogP contribution is -2.39. The molecule has 160 valence electrons. The first-order valence-corrected chi connectivity index (χ1v) is 10.7. The average molecular weight is 424 g/mol. The monoisotopic (exact) mass is 423 g/mol. The van der Waals surface area contributed by atoms with Gasteiger partial charge >= 0.3 is 0 Å². The van der Waals surface area contributed by atoms with E-state index in [1.807, 2.05) is 50.2 Å². The Morgan fingerprint density at radius 3 is 2.38 bits per heavy atom. The number of nitrogens with one attached hydrogen (secondary N) is 2. The summed E-state index contributed by atoms with van der Waals surface area (Å²) < 4.78 is 0. The second-order valence-electron chi connectivity index (χ2n) is 8.06. The fraction of sp³-hybridized carbons (Fsp3) is 0.280. The van der Waals surface area contributed by atoms with Gasteiger partial charge in [0.05, 0.1) is 23.3 Å². The van der Waals surface area contributed by atoms with Crippen LogP contribution in [0, 0.1) is 36.5 Å². The van der Waals surface area contributed by atoms with Gasteiger partial charge in [0.1, 0.15) is 5.82 Å². The zero-order valence-electron chi connectivity index (χ0n) is 18.3. The van der Waals surface area contributed by atoms with E-state index in [9.17, 15) is 0 Å². The highest BCUT2D eigenvalue weighted by atomic mass is 15.2. The molecule has 0 radical (unpaired) electrons. The van der Waals surface area contributed by atoms with Crippen molar-refractivity contribution in [3.05, 3.63) is 70.9 Å². The average Bonchev–Trinajstić information content (AvgIpc) is 2.82. The molecule has 1 aliphatic heterocycles. The van der Waals surface area contributed by atoms with Crippen molar-refractivity contribution in [3.63, 3.8) is 0 Å². The summed E-state index contributed by atoms with van der Waals surface area (Å²) in [4.78, 5) is 11.3. The molecule has 2 N–H and O–H groups in total. The molecular weight excluding hydrogens is 398 g/mol. The maximum atomic E-state index is 9.15. The molecule has 1 aromatic heterocycles. The molecule has 0 unspecified atom stereocenters. The summed E-state index contributed by atoms with van der Waals surface area (Å²) in [5.74, 6) is 1.31. The van der Waals surface area contributed by atoms with Crippen LogP contribution in [0.3, 0.4) is 0 Å². The minimum atomic E-state index is 0.291. The second kappa shape index (κ2) is 9.36. The Hall–Kier alpha value is -4.10. The lowest BCUT2D eigenvalue weighted by Gasteiger charge is -2.34. The van der Waals surface area contributed by atoms with Crippen molar-refractivity contribution in [3.8, 4) is 12.1 Å². The molecular formula is C25H25N7. The van der Waals surface area contributed by atoms with Crippen molar-refractivity contribution in [1.29, 1.82) is 10.5 Å². The van der Waals surface area contributed by atoms with Crippen LogP contribution >= 0.6 is 0 Å². The Balaban J connectivity index is 1.39. The number of anilines is 4. The fourth-order valence-corrected chi connectivity index (χ4v) is 4.09. The van der Waals surface area contributed by atoms with Crippen LogP contribution < -0.4 is 15.5 Å². The molecule has 1 aliphatic rings. The number of nitriles is 2. The maximum Gasteiger partial charge on any atom is 0.224 e. The van der Waals surface area contributed by atoms with Crippen LogP contribution in [0.25, 0.3) is 0 Å². The van der Waals surface area contributed by atoms with Gasteiger partial charge < -0.3 is 15.5 Å². The number of rotatable bonds is 5. The topological polar surface area (TPSA) is 101 Å². The van der Waals surface area contributed by atoms with Crippen LogP contribution in [0.1, 0.15) is 35.1 Å². The summed E-state index contributed by atoms with van der Waals surface area (Å²) in [6, 6.07) is 18.0. The molecule has 1 saturated heterocycles. The van der Waals surface area contributed by atoms with E-state index in [0.29, 0.717) is 28.9 Å². The molecule has 4 rings (SSSR count). The summed E-state index contributed by atoms with van der Waals surface area (Å²) in [5, 5.41) is 25.1. The zero-order chi connectivity index (χ0) is 22.5. The Kier molecular flexibility index (Phi) is 6.19. The third-order valence-corrected chi connectivity index (χ3v) is 5.74. The molecule has 2 aromatic carbocycles. The van der Waals surface area contributed by atoms with Crippen LogP contribution in [0.4, 0.5) is 23.1 Å². The van der Waals surface area contributed by atoms with E-state index in [-0.39, 0.29) is 0 Å². The third kappa shape index (κ3) is 4.79. The van der Waals surface area contributed by atoms with Gasteiger partial charge in [-0.3, -0.25) is 0 Å². The molecule has 2 heterocycles. The molecule has 32 heavy (non-hydrogen) atoms. The van der Waals surface area contributed by atoms with Crippen molar-refractivity contribution in [2.75, 3.05) is 28.6 Å². The van der Waals surface area contributed by atoms with E-state index >= 15 is 0 Å². The van der Waals surface area contributed by atoms with Crippen LogP contribution in [0.15, 0.2) is 48.7 Å². The first kappa shape index (κ1) is 21.1. The highest BCUT2D eigenvalue weighted by molar-refractivity contribution is 5.66. The molecule has 0 saturated carbocycles. The zero-order valence-corrected chi connectivity index (χ0v) is 18.3. The minimum absolute atomic E-state index is 0.291. The van der Waals surface area contributed by atoms with E-state index in [4.69, 9.17) is 10.5 Å². The Morgan fingerprint density at radius 1 is 0.969 bits per heavy atom. The summed E-state index contributed by atoms with van der Waals surface area (Å²) in [6.07, 6.45) is 3.67. The number of nitrogens with zero attached hydrogens (tertiary/aromatic N) is 5. The molecule has 7 nitrogen and oxygen atoms in total. The summed E-state index contributed by atoms with van der Waals surface area (Å²) in [7, 11) is 0. The maximum absolute atomic E-state index is 9.15. The van der Waals surface area contributed by atoms with Gasteiger partial charge in [-0.05, 0) is 74.2 Å². The molecule has 3 aromatic rings. The fourth-order valence-electron chi connectivity index (χ4n) is 4.09. The van der Waals surface area contributed by atoms with E-state index in [2.05, 4.69) is 43.7 Å². The van der Waals surface area contributed by atoms with Crippen molar-refractivity contribution >= 4 is 23.1 Å². The van der Waals surface area contributed by atoms with Gasteiger partial charge in [-0.25, -0.2) is 4.98 Å². The number of aromatic nitrogens is 2. The normalized spacial score (nSPS) is 13.8. The van der Waals surface area contributed by atoms with Gasteiger partial charge in [0.2, 0.25) is 5.95 Å². The Labute approximate surface area is 188 Å². The first-order chi connectivity index (χ1) is 15.6. The third-order valence-electron chi connectivity index (χ3n) is 5.74. The van der Waals surface area contributed by atoms with Gasteiger partial charge in [-0.15, -0.1) is 0 Å². The highest BCUT2D eigenvalue weighted by Crippen LogP contribution is 2.26. The standard InChI is InChI=1S/C25H25N7/c1-17-12-20(16-27)13-18(2)24(17)30-23-6-9-28-25(31-23)29-21-7-10-32(11-8-21)22-5-3-4-19(14-22)15-26/h3-6,9,12-14,21H,7-8,10-11H2,1-2H3,(H2,28,29,30,31). The largest absolute Gasteiger partial charge is 0.371 e. The smallest absolute Gasteiger partial charge is 0.224 e. The Bertz CT molecular complexity index is 1170. The molecule has 0 aliphatic carbocycles. The van der Waals surface area contributed by atoms with Crippen molar-refractivity contribution < 1.29 is 0 Å². The van der Waals surface area contributed by atoms with E-state index in [0.717, 1.165) is 48.4 Å². The number of hydrogen-bond acceptors (Lipinski definition) is 7. The summed E-state index contributed by atoms with van der Waals surface area (Å²) in [5.41, 5.74) is 5.40. The predicted molar refractivity (Wildman–Crippen MR) is 126 cm³/mol. The summed E-state index contributed by atoms with van der Waals surface area (Å²) in [6.45, 7) is 5.79. The highest BCUT2D eigenvalue weighted by Gasteiger charge is 2.20. The number of benzene rings is 2. The van der Waals surface area contributed by atoms with Gasteiger partial charge in [-0.1, -0.05) is 6.07 Å². The van der Waals surface area contributed by atoms with E-state index in [1.54, 1.807) is 6.20 Å².